The smallest absolute Gasteiger partial charge is 0.269 e. The summed E-state index contributed by atoms with van der Waals surface area (Å²) in [6, 6.07) is 6.59. The van der Waals surface area contributed by atoms with Gasteiger partial charge in [-0.05, 0) is 12.5 Å². The first-order chi connectivity index (χ1) is 7.50. The molecule has 0 saturated carbocycles. The molecule has 0 aliphatic heterocycles. The van der Waals surface area contributed by atoms with Gasteiger partial charge in [-0.1, -0.05) is 19.1 Å². The summed E-state index contributed by atoms with van der Waals surface area (Å²) in [5.74, 6) is 0.674. The molecule has 5 heteroatoms. The molecule has 0 fully saturated rings. The van der Waals surface area contributed by atoms with Crippen molar-refractivity contribution in [1.29, 1.82) is 0 Å². The Kier molecular flexibility index (Phi) is 4.76. The zero-order valence-corrected chi connectivity index (χ0v) is 10.1. The Hall–Kier alpha value is -1.07. The van der Waals surface area contributed by atoms with Crippen molar-refractivity contribution in [1.82, 2.24) is 0 Å². The quantitative estimate of drug-likeness (QED) is 0.635. The Morgan fingerprint density at radius 1 is 1.50 bits per heavy atom. The van der Waals surface area contributed by atoms with Crippen molar-refractivity contribution in [2.24, 2.45) is 0 Å². The van der Waals surface area contributed by atoms with E-state index >= 15 is 0 Å². The summed E-state index contributed by atoms with van der Waals surface area (Å²) >= 11 is 1.59. The topological polar surface area (TPSA) is 63.4 Å². The fourth-order valence-corrected chi connectivity index (χ4v) is 2.04. The summed E-state index contributed by atoms with van der Waals surface area (Å²) < 4.78 is 0. The van der Waals surface area contributed by atoms with Crippen LogP contribution in [0.1, 0.15) is 19.4 Å². The maximum Gasteiger partial charge on any atom is 0.269 e. The molecule has 0 heterocycles. The summed E-state index contributed by atoms with van der Waals surface area (Å²) in [5.41, 5.74) is 1.02. The van der Waals surface area contributed by atoms with Gasteiger partial charge in [0.2, 0.25) is 0 Å². The number of hydrogen-bond acceptors (Lipinski definition) is 4. The molecule has 1 rings (SSSR count). The van der Waals surface area contributed by atoms with E-state index in [0.717, 1.165) is 5.56 Å². The van der Waals surface area contributed by atoms with E-state index in [1.165, 1.54) is 6.07 Å². The van der Waals surface area contributed by atoms with Gasteiger partial charge in [0.1, 0.15) is 0 Å². The Morgan fingerprint density at radius 2 is 2.19 bits per heavy atom. The standard InChI is InChI=1S/C11H15NO3S/c1-8(13)9(2)16-7-10-4-3-5-11(6-10)12(14)15/h3-6,8-9,13H,7H2,1-2H3/t8-,9+/m1/s1. The van der Waals surface area contributed by atoms with Gasteiger partial charge in [-0.2, -0.15) is 11.8 Å². The molecule has 1 aromatic carbocycles. The minimum atomic E-state index is -0.397. The number of aliphatic hydroxyl groups is 1. The van der Waals surface area contributed by atoms with Crippen LogP contribution in [0.2, 0.25) is 0 Å². The second kappa shape index (κ2) is 5.86. The zero-order valence-electron chi connectivity index (χ0n) is 9.29. The summed E-state index contributed by atoms with van der Waals surface area (Å²) in [6.07, 6.45) is -0.372. The highest BCUT2D eigenvalue weighted by atomic mass is 32.2. The maximum absolute atomic E-state index is 10.6. The van der Waals surface area contributed by atoms with Gasteiger partial charge in [0.05, 0.1) is 11.0 Å². The van der Waals surface area contributed by atoms with Gasteiger partial charge >= 0.3 is 0 Å². The lowest BCUT2D eigenvalue weighted by atomic mass is 10.2. The molecule has 0 radical (unpaired) electrons. The van der Waals surface area contributed by atoms with Crippen molar-refractivity contribution in [3.63, 3.8) is 0 Å². The van der Waals surface area contributed by atoms with E-state index in [1.807, 2.05) is 13.0 Å². The molecule has 0 saturated heterocycles. The molecular weight excluding hydrogens is 226 g/mol. The summed E-state index contributed by atoms with van der Waals surface area (Å²) in [6.45, 7) is 3.68. The Morgan fingerprint density at radius 3 is 2.75 bits per heavy atom. The van der Waals surface area contributed by atoms with Crippen molar-refractivity contribution in [3.05, 3.63) is 39.9 Å². The van der Waals surface area contributed by atoms with Crippen LogP contribution in [-0.4, -0.2) is 21.4 Å². The number of thioether (sulfide) groups is 1. The van der Waals surface area contributed by atoms with Crippen LogP contribution in [0.4, 0.5) is 5.69 Å². The highest BCUT2D eigenvalue weighted by Crippen LogP contribution is 2.22. The molecule has 16 heavy (non-hydrogen) atoms. The molecule has 4 nitrogen and oxygen atoms in total. The molecule has 88 valence electrons. The molecule has 0 amide bonds. The maximum atomic E-state index is 10.6. The van der Waals surface area contributed by atoms with E-state index in [4.69, 9.17) is 0 Å². The normalized spacial score (nSPS) is 14.4. The molecule has 2 atom stereocenters. The van der Waals surface area contributed by atoms with Gasteiger partial charge < -0.3 is 5.11 Å². The highest BCUT2D eigenvalue weighted by Gasteiger charge is 2.10. The Bertz CT molecular complexity index is 368. The van der Waals surface area contributed by atoms with Gasteiger partial charge in [0.15, 0.2) is 0 Å². The van der Waals surface area contributed by atoms with E-state index in [1.54, 1.807) is 30.8 Å². The van der Waals surface area contributed by atoms with Crippen LogP contribution in [0.15, 0.2) is 24.3 Å². The minimum absolute atomic E-state index is 0.114. The zero-order chi connectivity index (χ0) is 12.1. The number of aliphatic hydroxyl groups excluding tert-OH is 1. The number of nitrogens with zero attached hydrogens (tertiary/aromatic N) is 1. The first-order valence-electron chi connectivity index (χ1n) is 5.03. The summed E-state index contributed by atoms with van der Waals surface area (Å²) in [7, 11) is 0. The van der Waals surface area contributed by atoms with Crippen LogP contribution >= 0.6 is 11.8 Å². The van der Waals surface area contributed by atoms with Crippen LogP contribution in [-0.2, 0) is 5.75 Å². The summed E-state index contributed by atoms with van der Waals surface area (Å²) in [4.78, 5) is 10.2. The van der Waals surface area contributed by atoms with Crippen LogP contribution in [0.25, 0.3) is 0 Å². The molecular formula is C11H15NO3S. The monoisotopic (exact) mass is 241 g/mol. The molecule has 0 aliphatic carbocycles. The number of nitro groups is 1. The highest BCUT2D eigenvalue weighted by molar-refractivity contribution is 7.99. The first kappa shape index (κ1) is 13.0. The number of benzene rings is 1. The fourth-order valence-electron chi connectivity index (χ4n) is 1.13. The molecule has 0 spiro atoms. The average molecular weight is 241 g/mol. The lowest BCUT2D eigenvalue weighted by Gasteiger charge is -2.13. The third kappa shape index (κ3) is 3.83. The fraction of sp³-hybridized carbons (Fsp3) is 0.455. The van der Waals surface area contributed by atoms with E-state index in [0.29, 0.717) is 5.75 Å². The predicted molar refractivity (Wildman–Crippen MR) is 65.5 cm³/mol. The largest absolute Gasteiger partial charge is 0.392 e. The van der Waals surface area contributed by atoms with E-state index in [2.05, 4.69) is 0 Å². The third-order valence-electron chi connectivity index (χ3n) is 2.31. The van der Waals surface area contributed by atoms with Gasteiger partial charge in [0, 0.05) is 23.1 Å². The summed E-state index contributed by atoms with van der Waals surface area (Å²) in [5, 5.41) is 20.0. The first-order valence-corrected chi connectivity index (χ1v) is 6.08. The van der Waals surface area contributed by atoms with Gasteiger partial charge in [-0.15, -0.1) is 0 Å². The van der Waals surface area contributed by atoms with E-state index < -0.39 is 4.92 Å². The van der Waals surface area contributed by atoms with Crippen molar-refractivity contribution in [2.75, 3.05) is 0 Å². The molecule has 0 aromatic heterocycles. The van der Waals surface area contributed by atoms with Gasteiger partial charge in [0.25, 0.3) is 5.69 Å². The van der Waals surface area contributed by atoms with Gasteiger partial charge in [-0.3, -0.25) is 10.1 Å². The Labute approximate surface area is 98.8 Å². The third-order valence-corrected chi connectivity index (χ3v) is 3.73. The minimum Gasteiger partial charge on any atom is -0.392 e. The van der Waals surface area contributed by atoms with Crippen LogP contribution < -0.4 is 0 Å². The molecule has 0 bridgehead atoms. The number of rotatable bonds is 5. The second-order valence-corrected chi connectivity index (χ2v) is 5.05. The number of non-ortho nitro benzene ring substituents is 1. The van der Waals surface area contributed by atoms with Crippen LogP contribution in [0.5, 0.6) is 0 Å². The molecule has 0 unspecified atom stereocenters. The SMILES string of the molecule is C[C@H](SCc1cccc([N+](=O)[O-])c1)[C@@H](C)O. The molecule has 1 N–H and O–H groups in total. The van der Waals surface area contributed by atoms with Crippen molar-refractivity contribution in [3.8, 4) is 0 Å². The van der Waals surface area contributed by atoms with E-state index in [9.17, 15) is 15.2 Å². The van der Waals surface area contributed by atoms with Crippen molar-refractivity contribution in [2.45, 2.75) is 31.0 Å². The van der Waals surface area contributed by atoms with Gasteiger partial charge in [-0.25, -0.2) is 0 Å². The van der Waals surface area contributed by atoms with Crippen LogP contribution in [0, 0.1) is 10.1 Å². The lowest BCUT2D eigenvalue weighted by molar-refractivity contribution is -0.384. The van der Waals surface area contributed by atoms with E-state index in [-0.39, 0.29) is 17.0 Å². The molecule has 0 aliphatic rings. The average Bonchev–Trinajstić information content (AvgIpc) is 2.26. The molecule has 1 aromatic rings. The second-order valence-electron chi connectivity index (χ2n) is 3.68. The number of hydrogen-bond donors (Lipinski definition) is 1. The Balaban J connectivity index is 2.61. The van der Waals surface area contributed by atoms with Crippen molar-refractivity contribution < 1.29 is 10.0 Å². The lowest BCUT2D eigenvalue weighted by Crippen LogP contribution is -2.15. The predicted octanol–water partition coefficient (Wildman–Crippen LogP) is 2.60. The number of nitro benzene ring substituents is 1. The van der Waals surface area contributed by atoms with Crippen molar-refractivity contribution >= 4 is 17.4 Å². The van der Waals surface area contributed by atoms with Crippen LogP contribution in [0.3, 0.4) is 0 Å².